The lowest BCUT2D eigenvalue weighted by atomic mass is 9.97. The van der Waals surface area contributed by atoms with Crippen molar-refractivity contribution >= 4 is 5.91 Å². The predicted octanol–water partition coefficient (Wildman–Crippen LogP) is 13.8. The minimum atomic E-state index is -1.79. The molecule has 0 saturated carbocycles. The third-order valence-corrected chi connectivity index (χ3v) is 17.5. The number of rotatable bonds is 58. The molecule has 0 radical (unpaired) electrons. The Labute approximate surface area is 501 Å². The summed E-state index contributed by atoms with van der Waals surface area (Å²) in [5.41, 5.74) is 0. The van der Waals surface area contributed by atoms with Gasteiger partial charge in [-0.2, -0.15) is 0 Å². The zero-order chi connectivity index (χ0) is 59.5. The van der Waals surface area contributed by atoms with Crippen LogP contribution in [0.4, 0.5) is 0 Å². The van der Waals surface area contributed by atoms with Crippen molar-refractivity contribution in [1.29, 1.82) is 0 Å². The molecular weight excluding hydrogens is 1040 g/mol. The second-order valence-electron chi connectivity index (χ2n) is 25.0. The SMILES string of the molecule is CCCCCCCCCCCCCCCCC/C=C/C(O)C(COC1OC(CO)C(OC2OC(CO)C(O)C(O)C2O)C(O)C1O)NC(=O)CCCCCCCCCCCCCCCCCCCCCCCCCCCCCCCCC. The van der Waals surface area contributed by atoms with E-state index in [2.05, 4.69) is 19.2 Å². The number of amides is 1. The van der Waals surface area contributed by atoms with Crippen LogP contribution < -0.4 is 5.32 Å². The molecular formula is C68H131NO13. The van der Waals surface area contributed by atoms with E-state index in [0.717, 1.165) is 38.5 Å². The number of hydrogen-bond donors (Lipinski definition) is 9. The van der Waals surface area contributed by atoms with Crippen LogP contribution in [0.1, 0.15) is 322 Å². The Hall–Kier alpha value is -1.27. The van der Waals surface area contributed by atoms with Crippen molar-refractivity contribution < 1.29 is 64.6 Å². The zero-order valence-electron chi connectivity index (χ0n) is 52.8. The van der Waals surface area contributed by atoms with Gasteiger partial charge in [-0.15, -0.1) is 0 Å². The average Bonchev–Trinajstić information content (AvgIpc) is 3.53. The number of ether oxygens (including phenoxy) is 4. The third kappa shape index (κ3) is 38.1. The maximum Gasteiger partial charge on any atom is 0.220 e. The predicted molar refractivity (Wildman–Crippen MR) is 332 cm³/mol. The van der Waals surface area contributed by atoms with Crippen molar-refractivity contribution in [2.24, 2.45) is 0 Å². The molecule has 0 aromatic rings. The first-order valence-corrected chi connectivity index (χ1v) is 34.9. The molecule has 2 heterocycles. The number of allylic oxidation sites excluding steroid dienone is 1. The number of unbranched alkanes of at least 4 members (excludes halogenated alkanes) is 45. The number of aliphatic hydroxyl groups is 8. The molecule has 14 nitrogen and oxygen atoms in total. The molecule has 0 bridgehead atoms. The highest BCUT2D eigenvalue weighted by molar-refractivity contribution is 5.76. The van der Waals surface area contributed by atoms with Gasteiger partial charge in [0.1, 0.15) is 48.8 Å². The van der Waals surface area contributed by atoms with Gasteiger partial charge in [0, 0.05) is 6.42 Å². The minimum absolute atomic E-state index is 0.231. The van der Waals surface area contributed by atoms with Crippen molar-refractivity contribution in [2.75, 3.05) is 19.8 Å². The maximum atomic E-state index is 13.3. The lowest BCUT2D eigenvalue weighted by Gasteiger charge is -2.46. The van der Waals surface area contributed by atoms with Gasteiger partial charge in [0.05, 0.1) is 32.0 Å². The highest BCUT2D eigenvalue weighted by Gasteiger charge is 2.51. The van der Waals surface area contributed by atoms with Crippen LogP contribution in [0.25, 0.3) is 0 Å². The molecule has 2 aliphatic rings. The molecule has 0 aliphatic carbocycles. The van der Waals surface area contributed by atoms with Gasteiger partial charge in [-0.3, -0.25) is 4.79 Å². The first-order chi connectivity index (χ1) is 40.1. The fourth-order valence-corrected chi connectivity index (χ4v) is 11.9. The van der Waals surface area contributed by atoms with Gasteiger partial charge in [0.15, 0.2) is 12.6 Å². The Morgan fingerprint density at radius 2 is 0.756 bits per heavy atom. The van der Waals surface area contributed by atoms with E-state index in [0.29, 0.717) is 6.42 Å². The molecule has 486 valence electrons. The highest BCUT2D eigenvalue weighted by atomic mass is 16.7. The van der Waals surface area contributed by atoms with Crippen molar-refractivity contribution in [3.63, 3.8) is 0 Å². The Morgan fingerprint density at radius 3 is 1.12 bits per heavy atom. The standard InChI is InChI=1S/C68H131NO13/c1-3-5-7-9-11-13-15-17-19-21-22-23-24-25-26-27-28-29-30-31-32-33-34-36-38-40-42-44-46-48-50-52-60(73)69-56(57(72)51-49-47-45-43-41-39-37-35-20-18-16-14-12-10-8-6-4-2)55-79-67-65(78)63(76)66(59(54-71)81-67)82-68-64(77)62(75)61(74)58(53-70)80-68/h49,51,56-59,61-68,70-72,74-78H,3-48,50,52-55H2,1-2H3,(H,69,73)/b51-49+. The molecule has 12 atom stereocenters. The van der Waals surface area contributed by atoms with Gasteiger partial charge < -0.3 is 65.1 Å². The van der Waals surface area contributed by atoms with Gasteiger partial charge in [0.2, 0.25) is 5.91 Å². The molecule has 2 saturated heterocycles. The summed E-state index contributed by atoms with van der Waals surface area (Å²) in [4.78, 5) is 13.3. The van der Waals surface area contributed by atoms with Crippen molar-refractivity contribution in [2.45, 2.75) is 396 Å². The van der Waals surface area contributed by atoms with Gasteiger partial charge in [-0.1, -0.05) is 309 Å². The number of carbonyl (C=O) groups is 1. The lowest BCUT2D eigenvalue weighted by molar-refractivity contribution is -0.359. The molecule has 2 aliphatic heterocycles. The first-order valence-electron chi connectivity index (χ1n) is 34.9. The van der Waals surface area contributed by atoms with Crippen molar-refractivity contribution in [3.05, 3.63) is 12.2 Å². The largest absolute Gasteiger partial charge is 0.394 e. The monoisotopic (exact) mass is 1170 g/mol. The molecule has 1 amide bonds. The molecule has 82 heavy (non-hydrogen) atoms. The van der Waals surface area contributed by atoms with Crippen LogP contribution in [0.15, 0.2) is 12.2 Å². The summed E-state index contributed by atoms with van der Waals surface area (Å²) in [5.74, 6) is -0.231. The van der Waals surface area contributed by atoms with E-state index >= 15 is 0 Å². The summed E-state index contributed by atoms with van der Waals surface area (Å²) in [7, 11) is 0. The van der Waals surface area contributed by atoms with Gasteiger partial charge in [0.25, 0.3) is 0 Å². The van der Waals surface area contributed by atoms with E-state index < -0.39 is 86.8 Å². The third-order valence-electron chi connectivity index (χ3n) is 17.5. The van der Waals surface area contributed by atoms with E-state index in [1.807, 2.05) is 6.08 Å². The summed E-state index contributed by atoms with van der Waals surface area (Å²) in [6.45, 7) is 2.85. The molecule has 0 aromatic heterocycles. The van der Waals surface area contributed by atoms with Crippen molar-refractivity contribution in [3.8, 4) is 0 Å². The van der Waals surface area contributed by atoms with Crippen LogP contribution in [0.5, 0.6) is 0 Å². The quantitative estimate of drug-likeness (QED) is 0.0204. The van der Waals surface area contributed by atoms with Gasteiger partial charge in [-0.25, -0.2) is 0 Å². The summed E-state index contributed by atoms with van der Waals surface area (Å²) in [6.07, 6.45) is 48.5. The highest BCUT2D eigenvalue weighted by Crippen LogP contribution is 2.30. The Morgan fingerprint density at radius 1 is 0.427 bits per heavy atom. The summed E-state index contributed by atoms with van der Waals surface area (Å²) in [5, 5.41) is 87.3. The summed E-state index contributed by atoms with van der Waals surface area (Å²) in [6, 6.07) is -0.910. The van der Waals surface area contributed by atoms with Crippen LogP contribution >= 0.6 is 0 Å². The van der Waals surface area contributed by atoms with E-state index in [-0.39, 0.29) is 18.9 Å². The van der Waals surface area contributed by atoms with Crippen molar-refractivity contribution in [1.82, 2.24) is 5.32 Å². The van der Waals surface area contributed by atoms with E-state index in [1.165, 1.54) is 257 Å². The molecule has 2 rings (SSSR count). The second-order valence-corrected chi connectivity index (χ2v) is 25.0. The molecule has 0 spiro atoms. The average molecular weight is 1170 g/mol. The topological polar surface area (TPSA) is 228 Å². The second kappa shape index (κ2) is 53.9. The Bertz CT molecular complexity index is 1420. The maximum absolute atomic E-state index is 13.3. The van der Waals surface area contributed by atoms with Crippen LogP contribution in [-0.2, 0) is 23.7 Å². The van der Waals surface area contributed by atoms with Gasteiger partial charge >= 0.3 is 0 Å². The Balaban J connectivity index is 1.64. The molecule has 2 fully saturated rings. The van der Waals surface area contributed by atoms with E-state index in [9.17, 15) is 45.6 Å². The summed E-state index contributed by atoms with van der Waals surface area (Å²) >= 11 is 0. The lowest BCUT2D eigenvalue weighted by Crippen LogP contribution is -2.65. The molecule has 14 heteroatoms. The normalized spacial score (nSPS) is 23.9. The van der Waals surface area contributed by atoms with Crippen LogP contribution in [0.2, 0.25) is 0 Å². The van der Waals surface area contributed by atoms with Crippen LogP contribution in [0.3, 0.4) is 0 Å². The fourth-order valence-electron chi connectivity index (χ4n) is 11.9. The van der Waals surface area contributed by atoms with Crippen LogP contribution in [-0.4, -0.2) is 140 Å². The first kappa shape index (κ1) is 76.8. The molecule has 9 N–H and O–H groups in total. The number of carbonyl (C=O) groups excluding carboxylic acids is 1. The zero-order valence-corrected chi connectivity index (χ0v) is 52.8. The number of hydrogen-bond acceptors (Lipinski definition) is 13. The number of nitrogens with one attached hydrogen (secondary N) is 1. The van der Waals surface area contributed by atoms with Crippen LogP contribution in [0, 0.1) is 0 Å². The molecule has 0 aromatic carbocycles. The minimum Gasteiger partial charge on any atom is -0.394 e. The Kier molecular flexibility index (Phi) is 50.5. The van der Waals surface area contributed by atoms with E-state index in [4.69, 9.17) is 18.9 Å². The fraction of sp³-hybridized carbons (Fsp3) is 0.956. The van der Waals surface area contributed by atoms with Gasteiger partial charge in [-0.05, 0) is 19.3 Å². The van der Waals surface area contributed by atoms with E-state index in [1.54, 1.807) is 6.08 Å². The number of aliphatic hydroxyl groups excluding tert-OH is 8. The summed E-state index contributed by atoms with van der Waals surface area (Å²) < 4.78 is 22.8. The molecule has 12 unspecified atom stereocenters. The smallest absolute Gasteiger partial charge is 0.220 e.